The van der Waals surface area contributed by atoms with Crippen molar-refractivity contribution in [3.63, 3.8) is 0 Å². The Bertz CT molecular complexity index is 965. The van der Waals surface area contributed by atoms with Gasteiger partial charge in [0, 0.05) is 31.7 Å². The van der Waals surface area contributed by atoms with E-state index in [1.807, 2.05) is 19.0 Å². The highest BCUT2D eigenvalue weighted by Gasteiger charge is 2.25. The van der Waals surface area contributed by atoms with E-state index >= 15 is 0 Å². The Labute approximate surface area is 168 Å². The van der Waals surface area contributed by atoms with Gasteiger partial charge in [0.05, 0.1) is 23.5 Å². The maximum Gasteiger partial charge on any atom is 0.266 e. The van der Waals surface area contributed by atoms with E-state index in [4.69, 9.17) is 28.0 Å². The smallest absolute Gasteiger partial charge is 0.266 e. The van der Waals surface area contributed by atoms with Gasteiger partial charge in [0.25, 0.3) is 15.9 Å². The summed E-state index contributed by atoms with van der Waals surface area (Å²) in [5.41, 5.74) is 1.35. The first-order valence-corrected chi connectivity index (χ1v) is 9.88. The molecular weight excluding hydrogens is 413 g/mol. The minimum absolute atomic E-state index is 0.0211. The van der Waals surface area contributed by atoms with Crippen molar-refractivity contribution in [3.05, 3.63) is 52.0 Å². The van der Waals surface area contributed by atoms with Crippen molar-refractivity contribution in [2.45, 2.75) is 4.90 Å². The minimum Gasteiger partial charge on any atom is -0.376 e. The number of hydrogen-bond donors (Lipinski definition) is 1. The van der Waals surface area contributed by atoms with Crippen LogP contribution in [0.15, 0.2) is 41.3 Å². The minimum atomic E-state index is -4.01. The molecule has 0 saturated heterocycles. The third-order valence-electron chi connectivity index (χ3n) is 3.76. The van der Waals surface area contributed by atoms with Crippen LogP contribution in [0, 0.1) is 0 Å². The highest BCUT2D eigenvalue weighted by atomic mass is 35.5. The molecule has 0 unspecified atom stereocenters. The molecule has 0 heterocycles. The number of nitrogens with one attached hydrogen (secondary N) is 1. The average molecular weight is 432 g/mol. The lowest BCUT2D eigenvalue weighted by atomic mass is 10.2. The van der Waals surface area contributed by atoms with Crippen LogP contribution in [0.4, 0.5) is 11.4 Å². The van der Waals surface area contributed by atoms with E-state index in [0.717, 1.165) is 5.69 Å². The molecule has 0 saturated carbocycles. The predicted octanol–water partition coefficient (Wildman–Crippen LogP) is 3.49. The van der Waals surface area contributed by atoms with E-state index < -0.39 is 15.9 Å². The van der Waals surface area contributed by atoms with Crippen molar-refractivity contribution < 1.29 is 18.0 Å². The van der Waals surface area contributed by atoms with Crippen LogP contribution in [0.25, 0.3) is 0 Å². The van der Waals surface area contributed by atoms with E-state index in [0.29, 0.717) is 15.2 Å². The zero-order valence-corrected chi connectivity index (χ0v) is 17.5. The molecule has 0 aromatic heterocycles. The van der Waals surface area contributed by atoms with E-state index in [-0.39, 0.29) is 15.5 Å². The van der Waals surface area contributed by atoms with Gasteiger partial charge < -0.3 is 10.2 Å². The number of rotatable bonds is 6. The molecule has 0 fully saturated rings. The van der Waals surface area contributed by atoms with Crippen LogP contribution in [0.5, 0.6) is 0 Å². The normalized spacial score (nSPS) is 11.5. The van der Waals surface area contributed by atoms with Crippen LogP contribution >= 0.6 is 23.2 Å². The maximum atomic E-state index is 12.7. The molecule has 0 aliphatic heterocycles. The first kappa shape index (κ1) is 21.5. The first-order valence-electron chi connectivity index (χ1n) is 7.68. The van der Waals surface area contributed by atoms with Crippen LogP contribution in [0.3, 0.4) is 0 Å². The van der Waals surface area contributed by atoms with Crippen molar-refractivity contribution >= 4 is 50.5 Å². The summed E-state index contributed by atoms with van der Waals surface area (Å²) in [4.78, 5) is 19.0. The molecule has 2 aromatic carbocycles. The summed E-state index contributed by atoms with van der Waals surface area (Å²) in [5.74, 6) is -0.506. The molecule has 10 heteroatoms. The number of carbonyl (C=O) groups excluding carboxylic acids is 1. The second-order valence-electron chi connectivity index (χ2n) is 5.75. The molecular formula is C17H19Cl2N3O4S. The predicted molar refractivity (Wildman–Crippen MR) is 107 cm³/mol. The summed E-state index contributed by atoms with van der Waals surface area (Å²) in [6.45, 7) is 0. The Morgan fingerprint density at radius 2 is 1.74 bits per heavy atom. The summed E-state index contributed by atoms with van der Waals surface area (Å²) >= 11 is 12.0. The van der Waals surface area contributed by atoms with Gasteiger partial charge in [0.15, 0.2) is 0 Å². The number of anilines is 2. The number of hydroxylamine groups is 1. The van der Waals surface area contributed by atoms with Gasteiger partial charge in [0.1, 0.15) is 4.90 Å². The number of benzene rings is 2. The monoisotopic (exact) mass is 431 g/mol. The van der Waals surface area contributed by atoms with Gasteiger partial charge in [-0.15, -0.1) is 0 Å². The van der Waals surface area contributed by atoms with Crippen LogP contribution in [-0.4, -0.2) is 47.0 Å². The maximum absolute atomic E-state index is 12.7. The Morgan fingerprint density at radius 1 is 1.07 bits per heavy atom. The summed E-state index contributed by atoms with van der Waals surface area (Å²) in [7, 11) is 2.09. The summed E-state index contributed by atoms with van der Waals surface area (Å²) in [5, 5.41) is 3.18. The summed E-state index contributed by atoms with van der Waals surface area (Å²) in [6.07, 6.45) is 0. The zero-order chi connectivity index (χ0) is 20.4. The van der Waals surface area contributed by atoms with Gasteiger partial charge in [0.2, 0.25) is 0 Å². The second-order valence-corrected chi connectivity index (χ2v) is 8.50. The average Bonchev–Trinajstić information content (AvgIpc) is 2.60. The van der Waals surface area contributed by atoms with Gasteiger partial charge in [-0.2, -0.15) is 0 Å². The highest BCUT2D eigenvalue weighted by molar-refractivity contribution is 7.89. The molecule has 1 amide bonds. The zero-order valence-electron chi connectivity index (χ0n) is 15.2. The van der Waals surface area contributed by atoms with E-state index in [1.54, 1.807) is 18.2 Å². The molecule has 7 nitrogen and oxygen atoms in total. The molecule has 2 aromatic rings. The van der Waals surface area contributed by atoms with Crippen LogP contribution in [-0.2, 0) is 14.9 Å². The Kier molecular flexibility index (Phi) is 6.72. The van der Waals surface area contributed by atoms with Gasteiger partial charge in [-0.05, 0) is 36.4 Å². The Morgan fingerprint density at radius 3 is 2.33 bits per heavy atom. The number of sulfonamides is 1. The molecule has 0 spiro atoms. The topological polar surface area (TPSA) is 78.9 Å². The van der Waals surface area contributed by atoms with Crippen molar-refractivity contribution in [3.8, 4) is 0 Å². The molecule has 0 aliphatic rings. The van der Waals surface area contributed by atoms with Crippen LogP contribution < -0.4 is 10.2 Å². The number of amides is 1. The standard InChI is InChI=1S/C17H19Cl2N3O4S/c1-21(2)15-8-6-12(18)10-14(15)20-17(23)11-5-7-13(19)16(9-11)27(24,25)22(3)26-4/h5-10H,1-4H3,(H,20,23). The molecule has 0 atom stereocenters. The fourth-order valence-electron chi connectivity index (χ4n) is 2.27. The van der Waals surface area contributed by atoms with Crippen molar-refractivity contribution in [2.24, 2.45) is 0 Å². The van der Waals surface area contributed by atoms with Gasteiger partial charge in [-0.1, -0.05) is 27.7 Å². The number of nitrogens with zero attached hydrogens (tertiary/aromatic N) is 2. The highest BCUT2D eigenvalue weighted by Crippen LogP contribution is 2.29. The quantitative estimate of drug-likeness (QED) is 0.707. The summed E-state index contributed by atoms with van der Waals surface area (Å²) < 4.78 is 25.6. The lowest BCUT2D eigenvalue weighted by Gasteiger charge is -2.19. The van der Waals surface area contributed by atoms with Crippen LogP contribution in [0.2, 0.25) is 10.0 Å². The third-order valence-corrected chi connectivity index (χ3v) is 6.15. The van der Waals surface area contributed by atoms with Crippen molar-refractivity contribution in [1.29, 1.82) is 0 Å². The van der Waals surface area contributed by atoms with E-state index in [2.05, 4.69) is 5.32 Å². The van der Waals surface area contributed by atoms with Crippen molar-refractivity contribution in [2.75, 3.05) is 38.5 Å². The third kappa shape index (κ3) is 4.72. The molecule has 146 valence electrons. The fourth-order valence-corrected chi connectivity index (χ4v) is 3.92. The molecule has 0 bridgehead atoms. The largest absolute Gasteiger partial charge is 0.376 e. The van der Waals surface area contributed by atoms with E-state index in [1.165, 1.54) is 32.4 Å². The lowest BCUT2D eigenvalue weighted by Crippen LogP contribution is -2.26. The first-order chi connectivity index (χ1) is 12.6. The SMILES string of the molecule is CON(C)S(=O)(=O)c1cc(C(=O)Nc2cc(Cl)ccc2N(C)C)ccc1Cl. The van der Waals surface area contributed by atoms with Gasteiger partial charge in [-0.25, -0.2) is 8.42 Å². The molecule has 1 N–H and O–H groups in total. The fraction of sp³-hybridized carbons (Fsp3) is 0.235. The molecule has 0 aliphatic carbocycles. The number of hydrogen-bond acceptors (Lipinski definition) is 5. The van der Waals surface area contributed by atoms with Gasteiger partial charge in [-0.3, -0.25) is 9.63 Å². The van der Waals surface area contributed by atoms with Gasteiger partial charge >= 0.3 is 0 Å². The number of halogens is 2. The second kappa shape index (κ2) is 8.45. The Hall–Kier alpha value is -1.84. The lowest BCUT2D eigenvalue weighted by molar-refractivity contribution is -0.0258. The number of carbonyl (C=O) groups is 1. The van der Waals surface area contributed by atoms with Crippen molar-refractivity contribution in [1.82, 2.24) is 4.47 Å². The molecule has 27 heavy (non-hydrogen) atoms. The Balaban J connectivity index is 2.42. The van der Waals surface area contributed by atoms with E-state index in [9.17, 15) is 13.2 Å². The summed E-state index contributed by atoms with van der Waals surface area (Å²) in [6, 6.07) is 9.06. The van der Waals surface area contributed by atoms with Crippen LogP contribution in [0.1, 0.15) is 10.4 Å². The molecule has 2 rings (SSSR count). The molecule has 0 radical (unpaired) electrons.